The SMILES string of the molecule is CC(C)OC(=O)C(CCOP1(=O)C[C@@H]2[C@@H](CO1)O[C@@H](n1ccc(=O)[nH]c1=O)[C@]2(C)N)C(C)C. The Balaban J connectivity index is 1.67. The van der Waals surface area contributed by atoms with E-state index in [2.05, 4.69) is 4.98 Å². The standard InChI is InChI=1S/C21H34N3O8P/c1-12(2)14(18(26)31-13(3)4)7-9-29-33(28)11-15-16(10-30-33)32-19(21(15,5)22)24-8-6-17(25)23-20(24)27/h6,8,12-16,19H,7,9-11,22H2,1-5H3,(H,23,25,27)/t14?,15-,16-,19-,21-,33?/m1/s1. The van der Waals surface area contributed by atoms with Crippen LogP contribution in [0.15, 0.2) is 21.9 Å². The van der Waals surface area contributed by atoms with Crippen molar-refractivity contribution in [1.82, 2.24) is 9.55 Å². The fourth-order valence-corrected chi connectivity index (χ4v) is 6.52. The second-order valence-electron chi connectivity index (χ2n) is 9.56. The van der Waals surface area contributed by atoms with Gasteiger partial charge in [-0.15, -0.1) is 0 Å². The maximum absolute atomic E-state index is 13.3. The summed E-state index contributed by atoms with van der Waals surface area (Å²) in [5, 5.41) is 0. The molecule has 33 heavy (non-hydrogen) atoms. The van der Waals surface area contributed by atoms with E-state index in [9.17, 15) is 18.9 Å². The Hall–Kier alpha value is -1.78. The second-order valence-corrected chi connectivity index (χ2v) is 11.7. The topological polar surface area (TPSA) is 152 Å². The molecule has 0 amide bonds. The van der Waals surface area contributed by atoms with Crippen LogP contribution in [0.2, 0.25) is 0 Å². The van der Waals surface area contributed by atoms with E-state index in [0.29, 0.717) is 6.42 Å². The number of aromatic amines is 1. The van der Waals surface area contributed by atoms with Crippen LogP contribution in [0.5, 0.6) is 0 Å². The lowest BCUT2D eigenvalue weighted by molar-refractivity contribution is -0.154. The van der Waals surface area contributed by atoms with Crippen molar-refractivity contribution in [3.05, 3.63) is 33.1 Å². The molecule has 12 heteroatoms. The molecule has 2 fully saturated rings. The molecular formula is C21H34N3O8P. The Morgan fingerprint density at radius 1 is 1.36 bits per heavy atom. The first kappa shape index (κ1) is 25.8. The molecular weight excluding hydrogens is 453 g/mol. The van der Waals surface area contributed by atoms with Gasteiger partial charge in [-0.3, -0.25) is 23.7 Å². The molecule has 2 saturated heterocycles. The molecule has 0 aromatic carbocycles. The van der Waals surface area contributed by atoms with Crippen LogP contribution in [-0.2, 0) is 27.9 Å². The quantitative estimate of drug-likeness (QED) is 0.411. The van der Waals surface area contributed by atoms with Gasteiger partial charge in [-0.1, -0.05) is 13.8 Å². The van der Waals surface area contributed by atoms with Crippen LogP contribution in [0.25, 0.3) is 0 Å². The maximum atomic E-state index is 13.3. The van der Waals surface area contributed by atoms with Crippen molar-refractivity contribution >= 4 is 13.6 Å². The lowest BCUT2D eigenvalue weighted by Crippen LogP contribution is -2.52. The molecule has 1 aromatic rings. The summed E-state index contributed by atoms with van der Waals surface area (Å²) in [5.41, 5.74) is 4.33. The van der Waals surface area contributed by atoms with E-state index in [1.165, 1.54) is 16.8 Å². The van der Waals surface area contributed by atoms with E-state index in [1.54, 1.807) is 20.8 Å². The molecule has 3 heterocycles. The molecule has 2 aliphatic heterocycles. The zero-order valence-electron chi connectivity index (χ0n) is 19.7. The average molecular weight is 487 g/mol. The van der Waals surface area contributed by atoms with Crippen molar-refractivity contribution in [2.45, 2.75) is 65.0 Å². The minimum absolute atomic E-state index is 0.00760. The van der Waals surface area contributed by atoms with Crippen molar-refractivity contribution in [1.29, 1.82) is 0 Å². The lowest BCUT2D eigenvalue weighted by atomic mass is 9.85. The fourth-order valence-electron chi connectivity index (χ4n) is 4.37. The highest BCUT2D eigenvalue weighted by Crippen LogP contribution is 2.58. The summed E-state index contributed by atoms with van der Waals surface area (Å²) >= 11 is 0. The van der Waals surface area contributed by atoms with Crippen LogP contribution >= 0.6 is 7.60 Å². The largest absolute Gasteiger partial charge is 0.463 e. The molecule has 0 spiro atoms. The number of rotatable bonds is 8. The zero-order valence-corrected chi connectivity index (χ0v) is 20.6. The third kappa shape index (κ3) is 5.66. The smallest absolute Gasteiger partial charge is 0.331 e. The zero-order chi connectivity index (χ0) is 24.6. The van der Waals surface area contributed by atoms with Crippen LogP contribution in [-0.4, -0.2) is 52.6 Å². The summed E-state index contributed by atoms with van der Waals surface area (Å²) in [7, 11) is -3.50. The van der Waals surface area contributed by atoms with Crippen LogP contribution in [0.3, 0.4) is 0 Å². The molecule has 11 nitrogen and oxygen atoms in total. The number of nitrogens with two attached hydrogens (primary N) is 1. The summed E-state index contributed by atoms with van der Waals surface area (Å²) < 4.78 is 37.1. The number of carbonyl (C=O) groups excluding carboxylic acids is 1. The monoisotopic (exact) mass is 487 g/mol. The van der Waals surface area contributed by atoms with Gasteiger partial charge in [0.15, 0.2) is 6.23 Å². The molecule has 3 rings (SSSR count). The Morgan fingerprint density at radius 2 is 2.06 bits per heavy atom. The van der Waals surface area contributed by atoms with E-state index in [4.69, 9.17) is 24.3 Å². The van der Waals surface area contributed by atoms with Crippen LogP contribution in [0.4, 0.5) is 0 Å². The van der Waals surface area contributed by atoms with Gasteiger partial charge in [0.2, 0.25) is 0 Å². The van der Waals surface area contributed by atoms with Gasteiger partial charge in [0.25, 0.3) is 5.56 Å². The predicted molar refractivity (Wildman–Crippen MR) is 120 cm³/mol. The number of nitrogens with one attached hydrogen (secondary N) is 1. The first-order chi connectivity index (χ1) is 15.3. The summed E-state index contributed by atoms with van der Waals surface area (Å²) in [4.78, 5) is 38.2. The van der Waals surface area contributed by atoms with E-state index in [-0.39, 0.29) is 43.3 Å². The third-order valence-electron chi connectivity index (χ3n) is 6.22. The van der Waals surface area contributed by atoms with Gasteiger partial charge in [0, 0.05) is 18.2 Å². The molecule has 3 N–H and O–H groups in total. The molecule has 2 aliphatic rings. The Labute approximate surface area is 192 Å². The predicted octanol–water partition coefficient (Wildman–Crippen LogP) is 1.62. The molecule has 1 aromatic heterocycles. The first-order valence-corrected chi connectivity index (χ1v) is 12.9. The number of nitrogens with zero attached hydrogens (tertiary/aromatic N) is 1. The van der Waals surface area contributed by atoms with Gasteiger partial charge in [0.1, 0.15) is 0 Å². The lowest BCUT2D eigenvalue weighted by Gasteiger charge is -2.36. The van der Waals surface area contributed by atoms with Gasteiger partial charge < -0.3 is 24.3 Å². The number of ether oxygens (including phenoxy) is 2. The van der Waals surface area contributed by atoms with Crippen molar-refractivity contribution in [2.75, 3.05) is 19.4 Å². The third-order valence-corrected chi connectivity index (χ3v) is 8.18. The van der Waals surface area contributed by atoms with E-state index in [1.807, 2.05) is 13.8 Å². The van der Waals surface area contributed by atoms with Gasteiger partial charge in [-0.05, 0) is 33.1 Å². The first-order valence-electron chi connectivity index (χ1n) is 11.2. The number of aromatic nitrogens is 2. The molecule has 0 aliphatic carbocycles. The van der Waals surface area contributed by atoms with Gasteiger partial charge in [0.05, 0.1) is 43.0 Å². The molecule has 2 unspecified atom stereocenters. The minimum atomic E-state index is -3.50. The Bertz CT molecular complexity index is 1020. The van der Waals surface area contributed by atoms with Crippen molar-refractivity contribution < 1.29 is 27.9 Å². The highest BCUT2D eigenvalue weighted by atomic mass is 31.2. The summed E-state index contributed by atoms with van der Waals surface area (Å²) in [6.45, 7) is 9.19. The summed E-state index contributed by atoms with van der Waals surface area (Å²) in [6.07, 6.45) is 0.109. The number of hydrogen-bond donors (Lipinski definition) is 2. The van der Waals surface area contributed by atoms with Crippen molar-refractivity contribution in [2.24, 2.45) is 23.5 Å². The molecule has 0 saturated carbocycles. The average Bonchev–Trinajstić information content (AvgIpc) is 2.94. The summed E-state index contributed by atoms with van der Waals surface area (Å²) in [5.74, 6) is -1.07. The minimum Gasteiger partial charge on any atom is -0.463 e. The van der Waals surface area contributed by atoms with E-state index in [0.717, 1.165) is 0 Å². The van der Waals surface area contributed by atoms with Crippen LogP contribution in [0.1, 0.15) is 47.3 Å². The van der Waals surface area contributed by atoms with Crippen LogP contribution < -0.4 is 17.0 Å². The normalized spacial score (nSPS) is 32.7. The highest BCUT2D eigenvalue weighted by molar-refractivity contribution is 7.53. The molecule has 0 radical (unpaired) electrons. The van der Waals surface area contributed by atoms with E-state index >= 15 is 0 Å². The summed E-state index contributed by atoms with van der Waals surface area (Å²) in [6, 6.07) is 1.21. The van der Waals surface area contributed by atoms with E-state index < -0.39 is 42.6 Å². The fraction of sp³-hybridized carbons (Fsp3) is 0.762. The number of carbonyl (C=O) groups is 1. The molecule has 6 atom stereocenters. The molecule has 186 valence electrons. The Morgan fingerprint density at radius 3 is 2.67 bits per heavy atom. The number of hydrogen-bond acceptors (Lipinski definition) is 9. The highest BCUT2D eigenvalue weighted by Gasteiger charge is 2.57. The van der Waals surface area contributed by atoms with Crippen molar-refractivity contribution in [3.8, 4) is 0 Å². The number of fused-ring (bicyclic) bond motifs is 1. The van der Waals surface area contributed by atoms with Crippen LogP contribution in [0, 0.1) is 17.8 Å². The van der Waals surface area contributed by atoms with Gasteiger partial charge in [-0.2, -0.15) is 0 Å². The van der Waals surface area contributed by atoms with Gasteiger partial charge >= 0.3 is 19.3 Å². The van der Waals surface area contributed by atoms with Crippen molar-refractivity contribution in [3.63, 3.8) is 0 Å². The Kier molecular flexibility index (Phi) is 7.70. The maximum Gasteiger partial charge on any atom is 0.331 e. The number of esters is 1. The number of H-pyrrole nitrogens is 1. The second kappa shape index (κ2) is 9.84. The molecule has 0 bridgehead atoms. The van der Waals surface area contributed by atoms with Gasteiger partial charge in [-0.25, -0.2) is 4.79 Å².